The first-order valence-electron chi connectivity index (χ1n) is 5.98. The van der Waals surface area contributed by atoms with Crippen molar-refractivity contribution in [2.45, 2.75) is 44.0 Å². The van der Waals surface area contributed by atoms with E-state index in [9.17, 15) is 8.42 Å². The van der Waals surface area contributed by atoms with Crippen LogP contribution in [0.2, 0.25) is 0 Å². The average molecular weight is 290 g/mol. The minimum atomic E-state index is -3.44. The molecule has 0 aromatic heterocycles. The Morgan fingerprint density at radius 2 is 2.00 bits per heavy atom. The van der Waals surface area contributed by atoms with Gasteiger partial charge in [-0.15, -0.1) is 11.6 Å². The molecule has 0 spiro atoms. The highest BCUT2D eigenvalue weighted by Gasteiger charge is 2.26. The molecule has 1 aromatic rings. The van der Waals surface area contributed by atoms with Gasteiger partial charge in [-0.1, -0.05) is 19.1 Å². The molecule has 3 nitrogen and oxygen atoms in total. The maximum Gasteiger partial charge on any atom is 0.243 e. The van der Waals surface area contributed by atoms with Gasteiger partial charge in [0.15, 0.2) is 0 Å². The van der Waals surface area contributed by atoms with E-state index >= 15 is 0 Å². The molecule has 102 valence electrons. The summed E-state index contributed by atoms with van der Waals surface area (Å²) in [5.74, 6) is 0.322. The molecule has 0 N–H and O–H groups in total. The van der Waals surface area contributed by atoms with E-state index in [1.807, 2.05) is 19.9 Å². The van der Waals surface area contributed by atoms with E-state index in [0.717, 1.165) is 17.5 Å². The Morgan fingerprint density at radius 1 is 1.39 bits per heavy atom. The summed E-state index contributed by atoms with van der Waals surface area (Å²) in [5.41, 5.74) is 1.60. The molecule has 1 atom stereocenters. The zero-order valence-corrected chi connectivity index (χ0v) is 12.8. The third-order valence-electron chi connectivity index (χ3n) is 3.41. The second-order valence-electron chi connectivity index (χ2n) is 4.45. The first-order valence-corrected chi connectivity index (χ1v) is 7.96. The predicted molar refractivity (Wildman–Crippen MR) is 75.4 cm³/mol. The third kappa shape index (κ3) is 2.87. The van der Waals surface area contributed by atoms with Crippen LogP contribution in [0.3, 0.4) is 0 Å². The van der Waals surface area contributed by atoms with E-state index in [1.54, 1.807) is 26.1 Å². The zero-order chi connectivity index (χ0) is 13.9. The van der Waals surface area contributed by atoms with E-state index in [-0.39, 0.29) is 6.04 Å². The lowest BCUT2D eigenvalue weighted by molar-refractivity contribution is 0.380. The molecule has 0 bridgehead atoms. The summed E-state index contributed by atoms with van der Waals surface area (Å²) in [5, 5.41) is 0. The second-order valence-corrected chi connectivity index (χ2v) is 6.69. The Bertz CT molecular complexity index is 514. The van der Waals surface area contributed by atoms with Crippen molar-refractivity contribution in [2.24, 2.45) is 0 Å². The smallest absolute Gasteiger partial charge is 0.207 e. The molecule has 0 aliphatic carbocycles. The largest absolute Gasteiger partial charge is 0.243 e. The number of hydrogen-bond donors (Lipinski definition) is 0. The molecule has 1 unspecified atom stereocenters. The Balaban J connectivity index is 3.29. The van der Waals surface area contributed by atoms with Gasteiger partial charge in [-0.25, -0.2) is 8.42 Å². The van der Waals surface area contributed by atoms with Gasteiger partial charge in [0.1, 0.15) is 0 Å². The Morgan fingerprint density at radius 3 is 2.50 bits per heavy atom. The van der Waals surface area contributed by atoms with Crippen LogP contribution in [0.1, 0.15) is 31.4 Å². The molecule has 0 amide bonds. The number of rotatable bonds is 5. The molecular formula is C13H20ClNO2S. The van der Waals surface area contributed by atoms with Crippen LogP contribution in [-0.2, 0) is 15.9 Å². The molecule has 0 saturated carbocycles. The maximum absolute atomic E-state index is 12.5. The predicted octanol–water partition coefficient (Wildman–Crippen LogP) is 3.15. The van der Waals surface area contributed by atoms with Gasteiger partial charge >= 0.3 is 0 Å². The number of sulfonamides is 1. The van der Waals surface area contributed by atoms with Gasteiger partial charge in [0.05, 0.1) is 4.90 Å². The molecule has 1 rings (SSSR count). The van der Waals surface area contributed by atoms with Crippen LogP contribution in [-0.4, -0.2) is 25.8 Å². The van der Waals surface area contributed by atoms with Crippen LogP contribution in [0.4, 0.5) is 0 Å². The third-order valence-corrected chi connectivity index (χ3v) is 5.81. The molecule has 5 heteroatoms. The molecule has 0 fully saturated rings. The summed E-state index contributed by atoms with van der Waals surface area (Å²) in [6.07, 6.45) is 0.782. The van der Waals surface area contributed by atoms with Gasteiger partial charge in [0.25, 0.3) is 0 Å². The van der Waals surface area contributed by atoms with Gasteiger partial charge in [0, 0.05) is 19.0 Å². The molecule has 1 aromatic carbocycles. The molecule has 0 heterocycles. The lowest BCUT2D eigenvalue weighted by atomic mass is 10.1. The topological polar surface area (TPSA) is 37.4 Å². The van der Waals surface area contributed by atoms with Crippen LogP contribution in [0.5, 0.6) is 0 Å². The van der Waals surface area contributed by atoms with Gasteiger partial charge in [-0.2, -0.15) is 4.31 Å². The minimum Gasteiger partial charge on any atom is -0.207 e. The number of benzene rings is 1. The quantitative estimate of drug-likeness (QED) is 0.781. The summed E-state index contributed by atoms with van der Waals surface area (Å²) < 4.78 is 26.4. The van der Waals surface area contributed by atoms with E-state index in [1.165, 1.54) is 4.31 Å². The first-order chi connectivity index (χ1) is 8.36. The van der Waals surface area contributed by atoms with Crippen LogP contribution in [0, 0.1) is 6.92 Å². The van der Waals surface area contributed by atoms with Crippen LogP contribution in [0.15, 0.2) is 23.1 Å². The highest BCUT2D eigenvalue weighted by atomic mass is 35.5. The summed E-state index contributed by atoms with van der Waals surface area (Å²) in [6, 6.07) is 5.21. The lowest BCUT2D eigenvalue weighted by Crippen LogP contribution is -2.35. The van der Waals surface area contributed by atoms with Crippen molar-refractivity contribution in [2.75, 3.05) is 7.05 Å². The molecule has 0 aliphatic heterocycles. The highest BCUT2D eigenvalue weighted by Crippen LogP contribution is 2.24. The second kappa shape index (κ2) is 6.04. The summed E-state index contributed by atoms with van der Waals surface area (Å²) >= 11 is 5.82. The van der Waals surface area contributed by atoms with Gasteiger partial charge < -0.3 is 0 Å². The van der Waals surface area contributed by atoms with Gasteiger partial charge in [0.2, 0.25) is 10.0 Å². The number of hydrogen-bond acceptors (Lipinski definition) is 2. The molecule has 0 aliphatic rings. The van der Waals surface area contributed by atoms with E-state index in [4.69, 9.17) is 11.6 Å². The monoisotopic (exact) mass is 289 g/mol. The van der Waals surface area contributed by atoms with E-state index in [0.29, 0.717) is 10.8 Å². The van der Waals surface area contributed by atoms with E-state index < -0.39 is 10.0 Å². The fourth-order valence-corrected chi connectivity index (χ4v) is 3.72. The minimum absolute atomic E-state index is 0.0194. The van der Waals surface area contributed by atoms with Crippen molar-refractivity contribution in [3.63, 3.8) is 0 Å². The maximum atomic E-state index is 12.5. The normalized spacial score (nSPS) is 13.9. The van der Waals surface area contributed by atoms with E-state index in [2.05, 4.69) is 0 Å². The standard InChI is InChI=1S/C13H20ClNO2S/c1-5-10(2)15(4)18(16,17)13-8-6-7-12(9-14)11(13)3/h6-8,10H,5,9H2,1-4H3. The van der Waals surface area contributed by atoms with Crippen LogP contribution in [0.25, 0.3) is 0 Å². The van der Waals surface area contributed by atoms with Crippen molar-refractivity contribution in [1.29, 1.82) is 0 Å². The fraction of sp³-hybridized carbons (Fsp3) is 0.538. The Hall–Kier alpha value is -0.580. The Labute approximate surface area is 115 Å². The Kier molecular flexibility index (Phi) is 5.20. The average Bonchev–Trinajstić information content (AvgIpc) is 2.36. The van der Waals surface area contributed by atoms with Crippen molar-refractivity contribution in [3.8, 4) is 0 Å². The van der Waals surface area contributed by atoms with Crippen molar-refractivity contribution in [1.82, 2.24) is 4.31 Å². The summed E-state index contributed by atoms with van der Waals surface area (Å²) in [7, 11) is -1.82. The SMILES string of the molecule is CCC(C)N(C)S(=O)(=O)c1cccc(CCl)c1C. The van der Waals surface area contributed by atoms with Crippen molar-refractivity contribution < 1.29 is 8.42 Å². The molecule has 0 radical (unpaired) electrons. The zero-order valence-electron chi connectivity index (χ0n) is 11.3. The number of halogens is 1. The summed E-state index contributed by atoms with van der Waals surface area (Å²) in [6.45, 7) is 5.67. The number of alkyl halides is 1. The fourth-order valence-electron chi connectivity index (χ4n) is 1.73. The number of nitrogens with zero attached hydrogens (tertiary/aromatic N) is 1. The molecular weight excluding hydrogens is 270 g/mol. The van der Waals surface area contributed by atoms with Crippen LogP contribution < -0.4 is 0 Å². The first kappa shape index (κ1) is 15.5. The lowest BCUT2D eigenvalue weighted by Gasteiger charge is -2.24. The van der Waals surface area contributed by atoms with Crippen molar-refractivity contribution in [3.05, 3.63) is 29.3 Å². The van der Waals surface area contributed by atoms with Crippen molar-refractivity contribution >= 4 is 21.6 Å². The molecule has 0 saturated heterocycles. The highest BCUT2D eigenvalue weighted by molar-refractivity contribution is 7.89. The summed E-state index contributed by atoms with van der Waals surface area (Å²) in [4.78, 5) is 0.350. The molecule has 18 heavy (non-hydrogen) atoms. The van der Waals surface area contributed by atoms with Gasteiger partial charge in [-0.05, 0) is 37.5 Å². The van der Waals surface area contributed by atoms with Gasteiger partial charge in [-0.3, -0.25) is 0 Å². The van der Waals surface area contributed by atoms with Crippen LogP contribution >= 0.6 is 11.6 Å².